The van der Waals surface area contributed by atoms with Crippen LogP contribution in [0.2, 0.25) is 0 Å². The summed E-state index contributed by atoms with van der Waals surface area (Å²) in [6.45, 7) is 0. The van der Waals surface area contributed by atoms with Gasteiger partial charge in [0.2, 0.25) is 0 Å². The topological polar surface area (TPSA) is 63.6 Å². The molecule has 2 aromatic rings. The number of nitrogens with zero attached hydrogens (tertiary/aromatic N) is 3. The van der Waals surface area contributed by atoms with Crippen LogP contribution in [-0.4, -0.2) is 19.4 Å². The summed E-state index contributed by atoms with van der Waals surface area (Å²) in [5.41, 5.74) is 0.682. The van der Waals surface area contributed by atoms with Crippen molar-refractivity contribution in [2.45, 2.75) is 0 Å². The van der Waals surface area contributed by atoms with Crippen LogP contribution in [0.1, 0.15) is 0 Å². The fourth-order valence-electron chi connectivity index (χ4n) is 0.890. The van der Waals surface area contributed by atoms with Crippen LogP contribution in [0.25, 0.3) is 11.0 Å². The van der Waals surface area contributed by atoms with Gasteiger partial charge in [-0.25, -0.2) is 5.10 Å². The van der Waals surface area contributed by atoms with E-state index in [2.05, 4.69) is 28.2 Å². The molecule has 5 nitrogen and oxygen atoms in total. The summed E-state index contributed by atoms with van der Waals surface area (Å²) < 4.78 is 1.41. The van der Waals surface area contributed by atoms with Crippen molar-refractivity contribution in [3.05, 3.63) is 22.6 Å². The van der Waals surface area contributed by atoms with Crippen LogP contribution in [-0.2, 0) is 0 Å². The summed E-state index contributed by atoms with van der Waals surface area (Å²) in [4.78, 5) is 11.0. The van der Waals surface area contributed by atoms with Gasteiger partial charge in [0.15, 0.2) is 0 Å². The average molecular weight is 168 g/mol. The molecule has 2 aromatic heterocycles. The Bertz CT molecular complexity index is 445. The first-order valence-corrected chi connectivity index (χ1v) is 3.31. The largest absolute Gasteiger partial charge is 0.292 e. The Morgan fingerprint density at radius 1 is 1.64 bits per heavy atom. The van der Waals surface area contributed by atoms with Crippen LogP contribution in [0.3, 0.4) is 0 Å². The molecule has 0 spiro atoms. The third-order valence-electron chi connectivity index (χ3n) is 1.37. The standard InChI is InChI=1S/C5H4N4OS/c10-5-4-3(6-8-7-5)1-2-9(4)11/h1-2,11H,(H,6,7,10). The molecular weight excluding hydrogens is 164 g/mol. The molecule has 56 valence electrons. The first-order valence-electron chi connectivity index (χ1n) is 2.91. The molecule has 0 aliphatic heterocycles. The van der Waals surface area contributed by atoms with Gasteiger partial charge in [-0.1, -0.05) is 18.0 Å². The normalized spacial score (nSPS) is 10.6. The molecule has 0 fully saturated rings. The minimum atomic E-state index is -0.282. The van der Waals surface area contributed by atoms with Crippen molar-refractivity contribution in [3.63, 3.8) is 0 Å². The van der Waals surface area contributed by atoms with Crippen molar-refractivity contribution in [3.8, 4) is 0 Å². The molecule has 1 N–H and O–H groups in total. The van der Waals surface area contributed by atoms with Gasteiger partial charge in [-0.15, -0.1) is 5.10 Å². The predicted octanol–water partition coefficient (Wildman–Crippen LogP) is -0.188. The Hall–Kier alpha value is -1.30. The molecule has 0 bridgehead atoms. The highest BCUT2D eigenvalue weighted by Crippen LogP contribution is 2.06. The summed E-state index contributed by atoms with van der Waals surface area (Å²) in [6, 6.07) is 1.67. The van der Waals surface area contributed by atoms with Crippen molar-refractivity contribution in [2.75, 3.05) is 0 Å². The van der Waals surface area contributed by atoms with Crippen LogP contribution in [0.5, 0.6) is 0 Å². The molecule has 0 saturated carbocycles. The second-order valence-corrected chi connectivity index (χ2v) is 2.47. The monoisotopic (exact) mass is 168 g/mol. The molecule has 0 amide bonds. The van der Waals surface area contributed by atoms with Gasteiger partial charge >= 0.3 is 0 Å². The Morgan fingerprint density at radius 2 is 2.45 bits per heavy atom. The summed E-state index contributed by atoms with van der Waals surface area (Å²) in [7, 11) is 0. The lowest BCUT2D eigenvalue weighted by Gasteiger charge is -1.88. The van der Waals surface area contributed by atoms with E-state index in [4.69, 9.17) is 0 Å². The molecule has 0 radical (unpaired) electrons. The van der Waals surface area contributed by atoms with E-state index >= 15 is 0 Å². The fraction of sp³-hybridized carbons (Fsp3) is 0. The van der Waals surface area contributed by atoms with Gasteiger partial charge in [-0.05, 0) is 6.07 Å². The lowest BCUT2D eigenvalue weighted by molar-refractivity contribution is 0.870. The number of rotatable bonds is 0. The van der Waals surface area contributed by atoms with Crippen LogP contribution in [0.15, 0.2) is 17.1 Å². The van der Waals surface area contributed by atoms with Crippen LogP contribution in [0.4, 0.5) is 0 Å². The smallest absolute Gasteiger partial charge is 0.287 e. The number of hydrogen-bond acceptors (Lipinski definition) is 4. The van der Waals surface area contributed by atoms with E-state index in [1.54, 1.807) is 12.3 Å². The maximum Gasteiger partial charge on any atom is 0.292 e. The number of aromatic amines is 1. The van der Waals surface area contributed by atoms with Gasteiger partial charge in [0.1, 0.15) is 11.0 Å². The predicted molar refractivity (Wildman–Crippen MR) is 42.5 cm³/mol. The minimum Gasteiger partial charge on any atom is -0.287 e. The Balaban J connectivity index is 3.08. The van der Waals surface area contributed by atoms with Crippen LogP contribution in [0, 0.1) is 0 Å². The average Bonchev–Trinajstić information content (AvgIpc) is 2.34. The number of nitrogens with one attached hydrogen (secondary N) is 1. The Morgan fingerprint density at radius 3 is 3.18 bits per heavy atom. The Labute approximate surface area is 66.6 Å². The molecule has 2 heterocycles. The molecule has 6 heteroatoms. The number of aromatic nitrogens is 4. The first kappa shape index (κ1) is 6.41. The maximum absolute atomic E-state index is 11.0. The van der Waals surface area contributed by atoms with Crippen molar-refractivity contribution >= 4 is 23.8 Å². The van der Waals surface area contributed by atoms with Crippen molar-refractivity contribution in [2.24, 2.45) is 0 Å². The summed E-state index contributed by atoms with van der Waals surface area (Å²) in [6.07, 6.45) is 1.64. The van der Waals surface area contributed by atoms with E-state index in [0.717, 1.165) is 0 Å². The highest BCUT2D eigenvalue weighted by molar-refractivity contribution is 7.78. The van der Waals surface area contributed by atoms with Crippen molar-refractivity contribution < 1.29 is 0 Å². The van der Waals surface area contributed by atoms with E-state index in [9.17, 15) is 4.79 Å². The van der Waals surface area contributed by atoms with Gasteiger partial charge < -0.3 is 0 Å². The third-order valence-corrected chi connectivity index (χ3v) is 1.70. The number of fused-ring (bicyclic) bond motifs is 1. The molecule has 11 heavy (non-hydrogen) atoms. The molecule has 0 unspecified atom stereocenters. The van der Waals surface area contributed by atoms with Crippen molar-refractivity contribution in [1.29, 1.82) is 0 Å². The van der Waals surface area contributed by atoms with Gasteiger partial charge in [0.25, 0.3) is 5.56 Å². The zero-order chi connectivity index (χ0) is 7.84. The molecule has 0 saturated heterocycles. The second-order valence-electron chi connectivity index (χ2n) is 2.04. The van der Waals surface area contributed by atoms with Crippen LogP contribution < -0.4 is 5.56 Å². The van der Waals surface area contributed by atoms with Crippen molar-refractivity contribution in [1.82, 2.24) is 19.4 Å². The second kappa shape index (κ2) is 2.09. The van der Waals surface area contributed by atoms with Gasteiger partial charge in [0.05, 0.1) is 0 Å². The minimum absolute atomic E-state index is 0.282. The van der Waals surface area contributed by atoms with E-state index < -0.39 is 0 Å². The zero-order valence-electron chi connectivity index (χ0n) is 5.35. The van der Waals surface area contributed by atoms with Gasteiger partial charge in [-0.3, -0.25) is 8.77 Å². The lowest BCUT2D eigenvalue weighted by atomic mass is 10.5. The third kappa shape index (κ3) is 0.829. The zero-order valence-corrected chi connectivity index (χ0v) is 6.25. The molecule has 0 aliphatic rings. The van der Waals surface area contributed by atoms with E-state index in [-0.39, 0.29) is 5.56 Å². The number of hydrogen-bond donors (Lipinski definition) is 2. The highest BCUT2D eigenvalue weighted by Gasteiger charge is 2.02. The quantitative estimate of drug-likeness (QED) is 0.536. The summed E-state index contributed by atoms with van der Waals surface area (Å²) in [5, 5.41) is 9.29. The molecule has 0 atom stereocenters. The first-order chi connectivity index (χ1) is 5.29. The van der Waals surface area contributed by atoms with E-state index in [1.165, 1.54) is 3.97 Å². The summed E-state index contributed by atoms with van der Waals surface area (Å²) >= 11 is 4.00. The summed E-state index contributed by atoms with van der Waals surface area (Å²) in [5.74, 6) is 0. The van der Waals surface area contributed by atoms with E-state index in [0.29, 0.717) is 11.0 Å². The molecule has 2 rings (SSSR count). The van der Waals surface area contributed by atoms with E-state index in [1.807, 2.05) is 0 Å². The van der Waals surface area contributed by atoms with Gasteiger partial charge in [-0.2, -0.15) is 0 Å². The highest BCUT2D eigenvalue weighted by atomic mass is 32.1. The Kier molecular flexibility index (Phi) is 1.22. The fourth-order valence-corrected chi connectivity index (χ4v) is 1.15. The van der Waals surface area contributed by atoms with Crippen LogP contribution >= 0.6 is 12.8 Å². The molecule has 0 aliphatic carbocycles. The maximum atomic E-state index is 11.0. The number of H-pyrrole nitrogens is 1. The van der Waals surface area contributed by atoms with Gasteiger partial charge in [0, 0.05) is 6.20 Å². The SMILES string of the molecule is O=c1[nH]nnc2ccn(S)c12. The molecular formula is C5H4N4OS. The number of thiol groups is 1. The molecule has 0 aromatic carbocycles. The lowest BCUT2D eigenvalue weighted by Crippen LogP contribution is -2.10.